The van der Waals surface area contributed by atoms with Gasteiger partial charge in [-0.05, 0) is 35.9 Å². The summed E-state index contributed by atoms with van der Waals surface area (Å²) in [6.07, 6.45) is 0.400. The van der Waals surface area contributed by atoms with Crippen LogP contribution in [0, 0.1) is 5.82 Å². The van der Waals surface area contributed by atoms with E-state index in [1.165, 1.54) is 24.3 Å². The van der Waals surface area contributed by atoms with Crippen molar-refractivity contribution >= 4 is 20.9 Å². The van der Waals surface area contributed by atoms with Gasteiger partial charge in [-0.25, -0.2) is 17.2 Å². The van der Waals surface area contributed by atoms with Crippen LogP contribution in [-0.2, 0) is 10.0 Å². The van der Waals surface area contributed by atoms with E-state index in [2.05, 4.69) is 4.98 Å². The Bertz CT molecular complexity index is 1050. The van der Waals surface area contributed by atoms with Crippen LogP contribution in [0.4, 0.5) is 8.78 Å². The monoisotopic (exact) mass is 377 g/mol. The molecule has 136 valence electrons. The number of nitrogens with zero attached hydrogens (tertiary/aromatic N) is 1. The average molecular weight is 377 g/mol. The number of halogens is 2. The Morgan fingerprint density at radius 1 is 1.12 bits per heavy atom. The quantitative estimate of drug-likeness (QED) is 0.736. The zero-order valence-electron chi connectivity index (χ0n) is 13.7. The minimum Gasteiger partial charge on any atom is -0.360 e. The summed E-state index contributed by atoms with van der Waals surface area (Å²) in [5.74, 6) is -0.331. The number of rotatable bonds is 3. The van der Waals surface area contributed by atoms with E-state index in [-0.39, 0.29) is 23.8 Å². The molecule has 0 aliphatic carbocycles. The lowest BCUT2D eigenvalue weighted by atomic mass is 10.1. The van der Waals surface area contributed by atoms with E-state index in [1.54, 1.807) is 24.4 Å². The molecule has 1 aromatic heterocycles. The Morgan fingerprint density at radius 3 is 2.50 bits per heavy atom. The number of H-pyrrole nitrogens is 1. The minimum atomic E-state index is -3.78. The molecule has 26 heavy (non-hydrogen) atoms. The summed E-state index contributed by atoms with van der Waals surface area (Å²) in [7, 11) is -3.78. The Morgan fingerprint density at radius 2 is 1.85 bits per heavy atom. The van der Waals surface area contributed by atoms with Crippen molar-refractivity contribution in [2.24, 2.45) is 5.73 Å². The average Bonchev–Trinajstić information content (AvgIpc) is 3.18. The third-order valence-corrected chi connectivity index (χ3v) is 6.55. The summed E-state index contributed by atoms with van der Waals surface area (Å²) in [6.45, 7) is -0.251. The molecular formula is C18H17F2N3O2S. The summed E-state index contributed by atoms with van der Waals surface area (Å²) >= 11 is 0. The molecule has 1 fully saturated rings. The van der Waals surface area contributed by atoms with Crippen LogP contribution in [0.25, 0.3) is 22.0 Å². The number of hydrogen-bond acceptors (Lipinski definition) is 3. The molecule has 2 heterocycles. The van der Waals surface area contributed by atoms with E-state index in [9.17, 15) is 17.2 Å². The topological polar surface area (TPSA) is 79.2 Å². The number of benzene rings is 2. The van der Waals surface area contributed by atoms with Gasteiger partial charge in [0.25, 0.3) is 0 Å². The largest absolute Gasteiger partial charge is 0.360 e. The second-order valence-electron chi connectivity index (χ2n) is 6.42. The third kappa shape index (κ3) is 2.80. The number of hydrogen-bond donors (Lipinski definition) is 2. The summed E-state index contributed by atoms with van der Waals surface area (Å²) in [4.78, 5) is 3.10. The summed E-state index contributed by atoms with van der Waals surface area (Å²) in [6, 6.07) is 10.0. The lowest BCUT2D eigenvalue weighted by molar-refractivity contribution is 0.322. The number of sulfonamides is 1. The number of alkyl halides is 1. The van der Waals surface area contributed by atoms with Crippen LogP contribution < -0.4 is 5.73 Å². The van der Waals surface area contributed by atoms with Crippen molar-refractivity contribution in [1.29, 1.82) is 0 Å². The van der Waals surface area contributed by atoms with Crippen molar-refractivity contribution in [2.45, 2.75) is 17.1 Å². The molecule has 8 heteroatoms. The predicted octanol–water partition coefficient (Wildman–Crippen LogP) is 2.64. The fourth-order valence-electron chi connectivity index (χ4n) is 3.24. The number of aromatic nitrogens is 1. The van der Waals surface area contributed by atoms with Crippen LogP contribution in [0.5, 0.6) is 0 Å². The predicted molar refractivity (Wildman–Crippen MR) is 95.3 cm³/mol. The zero-order chi connectivity index (χ0) is 18.5. The normalized spacial score (nSPS) is 21.5. The lowest BCUT2D eigenvalue weighted by Gasteiger charge is -2.15. The van der Waals surface area contributed by atoms with Crippen LogP contribution in [0.15, 0.2) is 53.6 Å². The van der Waals surface area contributed by atoms with Gasteiger partial charge in [0.2, 0.25) is 10.0 Å². The molecule has 0 spiro atoms. The van der Waals surface area contributed by atoms with E-state index in [4.69, 9.17) is 5.73 Å². The Labute approximate surface area is 149 Å². The van der Waals surface area contributed by atoms with Gasteiger partial charge in [0.1, 0.15) is 12.0 Å². The molecule has 0 saturated carbocycles. The maximum absolute atomic E-state index is 13.6. The van der Waals surface area contributed by atoms with Gasteiger partial charge >= 0.3 is 0 Å². The summed E-state index contributed by atoms with van der Waals surface area (Å²) in [5, 5.41) is 0.841. The van der Waals surface area contributed by atoms with Crippen LogP contribution in [0.2, 0.25) is 0 Å². The summed E-state index contributed by atoms with van der Waals surface area (Å²) in [5.41, 5.74) is 7.89. The van der Waals surface area contributed by atoms with Crippen molar-refractivity contribution in [3.63, 3.8) is 0 Å². The maximum atomic E-state index is 13.6. The van der Waals surface area contributed by atoms with Crippen molar-refractivity contribution in [3.8, 4) is 11.1 Å². The third-order valence-electron chi connectivity index (χ3n) is 4.70. The van der Waals surface area contributed by atoms with Crippen molar-refractivity contribution in [2.75, 3.05) is 13.1 Å². The second-order valence-corrected chi connectivity index (χ2v) is 8.36. The van der Waals surface area contributed by atoms with E-state index in [0.29, 0.717) is 5.52 Å². The molecule has 2 aromatic carbocycles. The molecule has 3 N–H and O–H groups in total. The minimum absolute atomic E-state index is 0.0285. The lowest BCUT2D eigenvalue weighted by Crippen LogP contribution is -2.32. The highest BCUT2D eigenvalue weighted by Gasteiger charge is 2.37. The molecule has 5 nitrogen and oxygen atoms in total. The number of nitrogens with one attached hydrogen (secondary N) is 1. The van der Waals surface area contributed by atoms with E-state index < -0.39 is 22.2 Å². The van der Waals surface area contributed by atoms with Gasteiger partial charge in [-0.15, -0.1) is 0 Å². The van der Waals surface area contributed by atoms with Crippen LogP contribution in [0.3, 0.4) is 0 Å². The number of fused-ring (bicyclic) bond motifs is 1. The number of nitrogens with two attached hydrogens (primary N) is 1. The van der Waals surface area contributed by atoms with Gasteiger partial charge in [0.05, 0.1) is 10.9 Å². The number of aromatic amines is 1. The molecule has 3 aromatic rings. The fraction of sp³-hybridized carbons (Fsp3) is 0.222. The van der Waals surface area contributed by atoms with Gasteiger partial charge in [-0.1, -0.05) is 12.1 Å². The first-order valence-corrected chi connectivity index (χ1v) is 9.57. The zero-order valence-corrected chi connectivity index (χ0v) is 14.5. The fourth-order valence-corrected chi connectivity index (χ4v) is 4.73. The highest BCUT2D eigenvalue weighted by atomic mass is 32.2. The molecule has 0 amide bonds. The van der Waals surface area contributed by atoms with Gasteiger partial charge < -0.3 is 10.7 Å². The van der Waals surface area contributed by atoms with E-state index in [1.807, 2.05) is 0 Å². The van der Waals surface area contributed by atoms with Gasteiger partial charge in [0.15, 0.2) is 0 Å². The van der Waals surface area contributed by atoms with Crippen molar-refractivity contribution < 1.29 is 17.2 Å². The van der Waals surface area contributed by atoms with Crippen molar-refractivity contribution in [3.05, 3.63) is 54.5 Å². The van der Waals surface area contributed by atoms with E-state index in [0.717, 1.165) is 20.8 Å². The molecule has 1 saturated heterocycles. The Hall–Kier alpha value is -2.29. The Balaban J connectivity index is 1.66. The molecule has 2 unspecified atom stereocenters. The first-order valence-electron chi connectivity index (χ1n) is 8.13. The SMILES string of the molecule is NC1CN(S(=O)(=O)c2ccc(-c3c[nH]c4cc(F)ccc34)cc2)CC1F. The standard InChI is InChI=1S/C18H17F2N3O2S/c19-12-3-6-14-15(8-22-18(14)7-12)11-1-4-13(5-2-11)26(24,25)23-9-16(20)17(21)10-23/h1-8,16-17,22H,9-10,21H2. The van der Waals surface area contributed by atoms with Gasteiger partial charge in [0, 0.05) is 35.8 Å². The second kappa shape index (κ2) is 6.15. The first kappa shape index (κ1) is 17.1. The molecule has 1 aliphatic rings. The Kier molecular flexibility index (Phi) is 4.06. The molecule has 0 bridgehead atoms. The van der Waals surface area contributed by atoms with Crippen LogP contribution in [-0.4, -0.2) is 43.0 Å². The van der Waals surface area contributed by atoms with Gasteiger partial charge in [-0.2, -0.15) is 4.31 Å². The molecule has 4 rings (SSSR count). The first-order chi connectivity index (χ1) is 12.4. The highest BCUT2D eigenvalue weighted by Crippen LogP contribution is 2.30. The molecular weight excluding hydrogens is 360 g/mol. The molecule has 2 atom stereocenters. The van der Waals surface area contributed by atoms with Crippen LogP contribution >= 0.6 is 0 Å². The van der Waals surface area contributed by atoms with Crippen molar-refractivity contribution in [1.82, 2.24) is 9.29 Å². The highest BCUT2D eigenvalue weighted by molar-refractivity contribution is 7.89. The van der Waals surface area contributed by atoms with Gasteiger partial charge in [-0.3, -0.25) is 0 Å². The maximum Gasteiger partial charge on any atom is 0.243 e. The van der Waals surface area contributed by atoms with E-state index >= 15 is 0 Å². The molecule has 0 radical (unpaired) electrons. The summed E-state index contributed by atoms with van der Waals surface area (Å²) < 4.78 is 53.2. The smallest absolute Gasteiger partial charge is 0.243 e. The van der Waals surface area contributed by atoms with Crippen LogP contribution in [0.1, 0.15) is 0 Å². The molecule has 1 aliphatic heterocycles.